The highest BCUT2D eigenvalue weighted by Gasteiger charge is 2.34. The Balaban J connectivity index is 2.89. The van der Waals surface area contributed by atoms with Crippen LogP contribution in [0.2, 0.25) is 0 Å². The number of hydrogen-bond acceptors (Lipinski definition) is 5. The fourth-order valence-electron chi connectivity index (χ4n) is 1.52. The normalized spacial score (nSPS) is 12.1. The predicted molar refractivity (Wildman–Crippen MR) is 71.8 cm³/mol. The molecule has 0 fully saturated rings. The molecule has 0 aliphatic carbocycles. The second kappa shape index (κ2) is 5.07. The fourth-order valence-corrected chi connectivity index (χ4v) is 1.52. The number of alkyl carbamates (subject to hydrolysis) is 1. The summed E-state index contributed by atoms with van der Waals surface area (Å²) in [7, 11) is 0. The first-order valence-electron chi connectivity index (χ1n) is 6.10. The lowest BCUT2D eigenvalue weighted by molar-refractivity contribution is 0.0434. The molecule has 3 N–H and O–H groups in total. The van der Waals surface area contributed by atoms with Crippen molar-refractivity contribution in [3.63, 3.8) is 0 Å². The first-order chi connectivity index (χ1) is 8.94. The minimum Gasteiger partial charge on any atom is -0.494 e. The van der Waals surface area contributed by atoms with Crippen LogP contribution < -0.4 is 5.32 Å². The maximum atomic E-state index is 12.2. The van der Waals surface area contributed by atoms with Crippen LogP contribution in [-0.2, 0) is 4.74 Å². The van der Waals surface area contributed by atoms with Crippen molar-refractivity contribution >= 4 is 12.0 Å². The summed E-state index contributed by atoms with van der Waals surface area (Å²) in [5, 5.41) is 21.4. The van der Waals surface area contributed by atoms with Gasteiger partial charge < -0.3 is 20.3 Å². The first kappa shape index (κ1) is 15.9. The van der Waals surface area contributed by atoms with Gasteiger partial charge in [-0.2, -0.15) is 0 Å². The van der Waals surface area contributed by atoms with Gasteiger partial charge in [0.15, 0.2) is 0 Å². The van der Waals surface area contributed by atoms with Crippen LogP contribution in [0.5, 0.6) is 11.8 Å². The summed E-state index contributed by atoms with van der Waals surface area (Å²) in [6, 6.07) is 2.35. The Morgan fingerprint density at radius 3 is 1.95 bits per heavy atom. The zero-order chi connectivity index (χ0) is 15.7. The molecule has 20 heavy (non-hydrogen) atoms. The van der Waals surface area contributed by atoms with Crippen LogP contribution in [-0.4, -0.2) is 37.9 Å². The second-order valence-corrected chi connectivity index (χ2v) is 5.94. The van der Waals surface area contributed by atoms with E-state index >= 15 is 0 Å². The number of aromatic nitrogens is 1. The third kappa shape index (κ3) is 3.66. The molecule has 0 saturated heterocycles. The van der Waals surface area contributed by atoms with Crippen molar-refractivity contribution in [2.75, 3.05) is 0 Å². The summed E-state index contributed by atoms with van der Waals surface area (Å²) < 4.78 is 5.77. The van der Waals surface area contributed by atoms with E-state index in [1.165, 1.54) is 26.0 Å². The molecule has 7 nitrogen and oxygen atoms in total. The van der Waals surface area contributed by atoms with Gasteiger partial charge >= 0.3 is 6.09 Å². The number of amides is 1. The van der Waals surface area contributed by atoms with Crippen LogP contribution in [0.15, 0.2) is 12.1 Å². The Kier molecular flexibility index (Phi) is 4.02. The van der Waals surface area contributed by atoms with E-state index < -0.39 is 34.9 Å². The predicted octanol–water partition coefficient (Wildman–Crippen LogP) is 1.84. The fraction of sp³-hybridized carbons (Fsp3) is 0.538. The van der Waals surface area contributed by atoms with Gasteiger partial charge in [0.25, 0.3) is 5.91 Å². The number of carbonyl (C=O) groups is 2. The number of aromatic hydroxyl groups is 2. The highest BCUT2D eigenvalue weighted by molar-refractivity contribution is 5.93. The van der Waals surface area contributed by atoms with Crippen LogP contribution in [0.1, 0.15) is 39.4 Å². The number of hydrogen-bond donors (Lipinski definition) is 3. The molecule has 0 aliphatic heterocycles. The van der Waals surface area contributed by atoms with Crippen LogP contribution >= 0.6 is 0 Å². The van der Waals surface area contributed by atoms with E-state index in [0.29, 0.717) is 4.57 Å². The summed E-state index contributed by atoms with van der Waals surface area (Å²) >= 11 is 0. The minimum absolute atomic E-state index is 0.411. The van der Waals surface area contributed by atoms with Gasteiger partial charge in [0, 0.05) is 12.1 Å². The molecule has 1 heterocycles. The molecule has 1 aromatic heterocycles. The van der Waals surface area contributed by atoms with E-state index in [2.05, 4.69) is 5.32 Å². The van der Waals surface area contributed by atoms with Crippen LogP contribution in [0, 0.1) is 0 Å². The van der Waals surface area contributed by atoms with Crippen LogP contribution in [0.4, 0.5) is 4.79 Å². The molecule has 0 aliphatic rings. The summed E-state index contributed by atoms with van der Waals surface area (Å²) in [6.45, 7) is 7.98. The molecule has 0 aromatic carbocycles. The SMILES string of the molecule is CC(C)(C)OC(=O)NC(C)(C)C(=O)n1c(O)ccc1O. The Morgan fingerprint density at radius 1 is 1.10 bits per heavy atom. The first-order valence-corrected chi connectivity index (χ1v) is 6.10. The third-order valence-corrected chi connectivity index (χ3v) is 2.39. The van der Waals surface area contributed by atoms with Crippen molar-refractivity contribution in [2.45, 2.75) is 45.8 Å². The second-order valence-electron chi connectivity index (χ2n) is 5.94. The molecule has 112 valence electrons. The standard InChI is InChI=1S/C13H20N2O5/c1-12(2,3)20-11(19)14-13(4,5)10(18)15-8(16)6-7-9(15)17/h6-7,16-17H,1-5H3,(H,14,19). The zero-order valence-electron chi connectivity index (χ0n) is 12.2. The summed E-state index contributed by atoms with van der Waals surface area (Å²) in [5.74, 6) is -1.51. The van der Waals surface area contributed by atoms with Crippen molar-refractivity contribution in [3.05, 3.63) is 12.1 Å². The monoisotopic (exact) mass is 284 g/mol. The highest BCUT2D eigenvalue weighted by atomic mass is 16.6. The smallest absolute Gasteiger partial charge is 0.408 e. The molecule has 0 atom stereocenters. The Labute approximate surface area is 117 Å². The van der Waals surface area contributed by atoms with Crippen molar-refractivity contribution in [3.8, 4) is 11.8 Å². The maximum Gasteiger partial charge on any atom is 0.408 e. The van der Waals surface area contributed by atoms with Crippen molar-refractivity contribution in [1.82, 2.24) is 9.88 Å². The van der Waals surface area contributed by atoms with Gasteiger partial charge in [-0.25, -0.2) is 9.36 Å². The maximum absolute atomic E-state index is 12.2. The number of nitrogens with one attached hydrogen (secondary N) is 1. The highest BCUT2D eigenvalue weighted by Crippen LogP contribution is 2.24. The Bertz CT molecular complexity index is 506. The van der Waals surface area contributed by atoms with Crippen molar-refractivity contribution in [2.24, 2.45) is 0 Å². The zero-order valence-corrected chi connectivity index (χ0v) is 12.2. The minimum atomic E-state index is -1.36. The lowest BCUT2D eigenvalue weighted by Crippen LogP contribution is -2.52. The van der Waals surface area contributed by atoms with Gasteiger partial charge in [-0.15, -0.1) is 0 Å². The molecule has 0 bridgehead atoms. The average molecular weight is 284 g/mol. The summed E-state index contributed by atoms with van der Waals surface area (Å²) in [6.07, 6.45) is -0.762. The number of ether oxygens (including phenoxy) is 1. The molecule has 0 unspecified atom stereocenters. The molecule has 0 saturated carbocycles. The Morgan fingerprint density at radius 2 is 1.55 bits per heavy atom. The lowest BCUT2D eigenvalue weighted by Gasteiger charge is -2.27. The van der Waals surface area contributed by atoms with E-state index in [-0.39, 0.29) is 0 Å². The van der Waals surface area contributed by atoms with E-state index in [4.69, 9.17) is 4.74 Å². The van der Waals surface area contributed by atoms with Crippen LogP contribution in [0.3, 0.4) is 0 Å². The lowest BCUT2D eigenvalue weighted by atomic mass is 10.1. The van der Waals surface area contributed by atoms with Gasteiger partial charge in [-0.05, 0) is 34.6 Å². The molecular weight excluding hydrogens is 264 g/mol. The van der Waals surface area contributed by atoms with Gasteiger partial charge in [0.05, 0.1) is 0 Å². The van der Waals surface area contributed by atoms with Gasteiger partial charge in [-0.3, -0.25) is 4.79 Å². The van der Waals surface area contributed by atoms with E-state index in [1.54, 1.807) is 20.8 Å². The van der Waals surface area contributed by atoms with E-state index in [0.717, 1.165) is 0 Å². The molecule has 1 amide bonds. The topological polar surface area (TPSA) is 101 Å². The summed E-state index contributed by atoms with van der Waals surface area (Å²) in [5.41, 5.74) is -2.06. The van der Waals surface area contributed by atoms with Crippen molar-refractivity contribution in [1.29, 1.82) is 0 Å². The molecule has 0 radical (unpaired) electrons. The molecule has 7 heteroatoms. The van der Waals surface area contributed by atoms with Crippen LogP contribution in [0.25, 0.3) is 0 Å². The number of nitrogens with zero attached hydrogens (tertiary/aromatic N) is 1. The van der Waals surface area contributed by atoms with Gasteiger partial charge in [0.1, 0.15) is 11.1 Å². The van der Waals surface area contributed by atoms with Crippen molar-refractivity contribution < 1.29 is 24.5 Å². The average Bonchev–Trinajstić information content (AvgIpc) is 2.53. The Hall–Kier alpha value is -2.18. The number of carbonyl (C=O) groups excluding carboxylic acids is 2. The summed E-state index contributed by atoms with van der Waals surface area (Å²) in [4.78, 5) is 23.9. The van der Waals surface area contributed by atoms with Gasteiger partial charge in [0.2, 0.25) is 11.8 Å². The quantitative estimate of drug-likeness (QED) is 0.769. The third-order valence-electron chi connectivity index (χ3n) is 2.39. The molecule has 1 rings (SSSR count). The molecule has 0 spiro atoms. The van der Waals surface area contributed by atoms with Gasteiger partial charge in [-0.1, -0.05) is 0 Å². The molecule has 1 aromatic rings. The number of rotatable bonds is 2. The molecular formula is C13H20N2O5. The largest absolute Gasteiger partial charge is 0.494 e. The van der Waals surface area contributed by atoms with E-state index in [9.17, 15) is 19.8 Å². The van der Waals surface area contributed by atoms with E-state index in [1.807, 2.05) is 0 Å².